The molecule has 0 atom stereocenters. The van der Waals surface area contributed by atoms with E-state index in [1.54, 1.807) is 0 Å². The van der Waals surface area contributed by atoms with E-state index in [-0.39, 0.29) is 16.6 Å². The highest BCUT2D eigenvalue weighted by molar-refractivity contribution is 6.89. The second kappa shape index (κ2) is 13.1. The number of pyridine rings is 1. The van der Waals surface area contributed by atoms with Gasteiger partial charge >= 0.3 is 0 Å². The van der Waals surface area contributed by atoms with Crippen molar-refractivity contribution in [3.05, 3.63) is 139 Å². The Bertz CT molecular complexity index is 2410. The molecule has 0 bridgehead atoms. The van der Waals surface area contributed by atoms with Crippen molar-refractivity contribution >= 4 is 24.3 Å². The number of nitrogens with zero attached hydrogens (tertiary/aromatic N) is 3. The first-order valence-corrected chi connectivity index (χ1v) is 21.7. The number of hydrogen-bond donors (Lipinski definition) is 1. The Labute approximate surface area is 309 Å². The van der Waals surface area contributed by atoms with E-state index in [4.69, 9.17) is 9.97 Å². The average molecular weight is 700 g/mol. The zero-order valence-corrected chi connectivity index (χ0v) is 32.9. The summed E-state index contributed by atoms with van der Waals surface area (Å²) in [4.78, 5) is 10.5. The van der Waals surface area contributed by atoms with Crippen LogP contribution in [-0.2, 0) is 10.8 Å². The van der Waals surface area contributed by atoms with Crippen LogP contribution in [0.25, 0.3) is 61.6 Å². The Morgan fingerprint density at radius 3 is 1.88 bits per heavy atom. The van der Waals surface area contributed by atoms with Gasteiger partial charge in [0.05, 0.1) is 30.4 Å². The van der Waals surface area contributed by atoms with Crippen molar-refractivity contribution in [1.82, 2.24) is 14.5 Å². The smallest absolute Gasteiger partial charge is 0.149 e. The van der Waals surface area contributed by atoms with Crippen LogP contribution in [0.4, 0.5) is 0 Å². The Kier molecular flexibility index (Phi) is 8.83. The molecule has 5 heteroatoms. The predicted molar refractivity (Wildman–Crippen MR) is 223 cm³/mol. The van der Waals surface area contributed by atoms with Crippen LogP contribution in [-0.4, -0.2) is 27.7 Å². The van der Waals surface area contributed by atoms with E-state index in [1.165, 1.54) is 16.3 Å². The molecule has 2 heterocycles. The Hall–Kier alpha value is -5.26. The minimum absolute atomic E-state index is 0.126. The van der Waals surface area contributed by atoms with Crippen LogP contribution in [0.2, 0.25) is 19.6 Å². The fraction of sp³-hybridized carbons (Fsp3) is 0.234. The summed E-state index contributed by atoms with van der Waals surface area (Å²) in [7, 11) is -1.66. The third kappa shape index (κ3) is 6.62. The summed E-state index contributed by atoms with van der Waals surface area (Å²) in [6.07, 6.45) is 2.11. The van der Waals surface area contributed by atoms with Crippen LogP contribution in [0.1, 0.15) is 52.7 Å². The van der Waals surface area contributed by atoms with Gasteiger partial charge in [-0.2, -0.15) is 0 Å². The maximum atomic E-state index is 12.0. The molecule has 0 aliphatic heterocycles. The van der Waals surface area contributed by atoms with E-state index >= 15 is 0 Å². The van der Waals surface area contributed by atoms with Crippen LogP contribution in [0, 0.1) is 0 Å². The zero-order chi connectivity index (χ0) is 37.0. The highest BCUT2D eigenvalue weighted by atomic mass is 28.3. The van der Waals surface area contributed by atoms with Crippen molar-refractivity contribution in [2.24, 2.45) is 0 Å². The Balaban J connectivity index is 1.45. The van der Waals surface area contributed by atoms with Crippen molar-refractivity contribution in [1.29, 1.82) is 0 Å². The first-order valence-electron chi connectivity index (χ1n) is 18.2. The van der Waals surface area contributed by atoms with E-state index in [1.807, 2.05) is 6.07 Å². The molecule has 4 nitrogen and oxygen atoms in total. The number of phenolic OH excluding ortho intramolecular Hbond substituents is 1. The quantitative estimate of drug-likeness (QED) is 0.176. The largest absolute Gasteiger partial charge is 0.507 e. The maximum Gasteiger partial charge on any atom is 0.149 e. The number of benzene rings is 5. The van der Waals surface area contributed by atoms with Gasteiger partial charge in [0.2, 0.25) is 0 Å². The van der Waals surface area contributed by atoms with Crippen molar-refractivity contribution in [3.8, 4) is 56.3 Å². The molecule has 52 heavy (non-hydrogen) atoms. The van der Waals surface area contributed by atoms with Gasteiger partial charge in [0, 0.05) is 28.6 Å². The molecule has 7 rings (SSSR count). The Morgan fingerprint density at radius 1 is 0.596 bits per heavy atom. The topological polar surface area (TPSA) is 50.9 Å². The molecule has 0 saturated carbocycles. The van der Waals surface area contributed by atoms with Gasteiger partial charge in [-0.15, -0.1) is 0 Å². The molecule has 262 valence electrons. The van der Waals surface area contributed by atoms with E-state index < -0.39 is 8.07 Å². The molecule has 1 N–H and O–H groups in total. The summed E-state index contributed by atoms with van der Waals surface area (Å²) in [5.41, 5.74) is 11.8. The van der Waals surface area contributed by atoms with E-state index in [0.717, 1.165) is 61.6 Å². The molecule has 2 aromatic heterocycles. The van der Waals surface area contributed by atoms with E-state index in [2.05, 4.69) is 187 Å². The third-order valence-corrected chi connectivity index (χ3v) is 12.0. The molecule has 0 aliphatic carbocycles. The number of aromatic nitrogens is 3. The number of hydrogen-bond acceptors (Lipinski definition) is 3. The standard InChI is InChI=1S/C47H49N3OSi/c1-46(2,3)34-27-38(44(51)39(28-34)47(4,5)6)45-49-43-36(24-17-25-41(43)50(45)35-22-14-11-15-23-35)32-20-16-21-33(26-32)40-29-37(31-18-12-10-13-19-31)42(30-48-40)52(7,8)9/h10-30,51H,1-9H3. The van der Waals surface area contributed by atoms with Gasteiger partial charge in [-0.05, 0) is 74.7 Å². The molecule has 0 spiro atoms. The number of phenols is 1. The molecule has 0 radical (unpaired) electrons. The van der Waals surface area contributed by atoms with Gasteiger partial charge in [0.1, 0.15) is 11.6 Å². The normalized spacial score (nSPS) is 12.4. The lowest BCUT2D eigenvalue weighted by Crippen LogP contribution is -2.39. The Morgan fingerprint density at radius 2 is 1.23 bits per heavy atom. The van der Waals surface area contributed by atoms with Crippen LogP contribution < -0.4 is 5.19 Å². The summed E-state index contributed by atoms with van der Waals surface area (Å²) in [6, 6.07) is 42.6. The highest BCUT2D eigenvalue weighted by Crippen LogP contribution is 2.44. The maximum absolute atomic E-state index is 12.0. The molecular weight excluding hydrogens is 651 g/mol. The molecular formula is C47H49N3OSi. The van der Waals surface area contributed by atoms with Crippen LogP contribution in [0.3, 0.4) is 0 Å². The van der Waals surface area contributed by atoms with Gasteiger partial charge in [-0.3, -0.25) is 9.55 Å². The second-order valence-electron chi connectivity index (χ2n) is 17.0. The molecule has 7 aromatic rings. The molecule has 0 amide bonds. The minimum Gasteiger partial charge on any atom is -0.507 e. The lowest BCUT2D eigenvalue weighted by Gasteiger charge is -2.27. The molecule has 0 fully saturated rings. The van der Waals surface area contributed by atoms with Crippen molar-refractivity contribution < 1.29 is 5.11 Å². The van der Waals surface area contributed by atoms with Gasteiger partial charge < -0.3 is 5.11 Å². The first-order chi connectivity index (χ1) is 24.6. The highest BCUT2D eigenvalue weighted by Gasteiger charge is 2.29. The fourth-order valence-electron chi connectivity index (χ4n) is 7.07. The van der Waals surface area contributed by atoms with Gasteiger partial charge in [0.15, 0.2) is 0 Å². The van der Waals surface area contributed by atoms with E-state index in [0.29, 0.717) is 0 Å². The number of fused-ring (bicyclic) bond motifs is 1. The SMILES string of the molecule is CC(C)(C)c1cc(-c2nc3c(-c4cccc(-c5cc(-c6ccccc6)c([Si](C)(C)C)cn5)c4)cccc3n2-c2ccccc2)c(O)c(C(C)(C)C)c1. The first kappa shape index (κ1) is 35.2. The summed E-state index contributed by atoms with van der Waals surface area (Å²) in [5.74, 6) is 0.994. The molecule has 0 saturated heterocycles. The second-order valence-corrected chi connectivity index (χ2v) is 22.1. The fourth-order valence-corrected chi connectivity index (χ4v) is 8.55. The monoisotopic (exact) mass is 699 g/mol. The number of rotatable bonds is 6. The summed E-state index contributed by atoms with van der Waals surface area (Å²) in [5, 5.41) is 13.4. The van der Waals surface area contributed by atoms with Crippen molar-refractivity contribution in [2.45, 2.75) is 72.0 Å². The lowest BCUT2D eigenvalue weighted by molar-refractivity contribution is 0.446. The summed E-state index contributed by atoms with van der Waals surface area (Å²) in [6.45, 7) is 20.3. The van der Waals surface area contributed by atoms with Gasteiger partial charge in [-0.1, -0.05) is 146 Å². The van der Waals surface area contributed by atoms with Gasteiger partial charge in [0.25, 0.3) is 0 Å². The third-order valence-electron chi connectivity index (χ3n) is 9.99. The van der Waals surface area contributed by atoms with E-state index in [9.17, 15) is 5.11 Å². The lowest BCUT2D eigenvalue weighted by atomic mass is 9.79. The van der Waals surface area contributed by atoms with Gasteiger partial charge in [-0.25, -0.2) is 4.98 Å². The average Bonchev–Trinajstić information content (AvgIpc) is 3.50. The zero-order valence-electron chi connectivity index (χ0n) is 31.9. The molecule has 0 unspecified atom stereocenters. The summed E-state index contributed by atoms with van der Waals surface area (Å²) >= 11 is 0. The number of aromatic hydroxyl groups is 1. The van der Waals surface area contributed by atoms with Crippen LogP contribution in [0.5, 0.6) is 5.75 Å². The van der Waals surface area contributed by atoms with Crippen molar-refractivity contribution in [3.63, 3.8) is 0 Å². The number of para-hydroxylation sites is 2. The molecule has 0 aliphatic rings. The minimum atomic E-state index is -1.66. The van der Waals surface area contributed by atoms with Crippen LogP contribution >= 0.6 is 0 Å². The van der Waals surface area contributed by atoms with Crippen LogP contribution in [0.15, 0.2) is 128 Å². The predicted octanol–water partition coefficient (Wildman–Crippen LogP) is 11.9. The van der Waals surface area contributed by atoms with Crippen molar-refractivity contribution in [2.75, 3.05) is 0 Å². The summed E-state index contributed by atoms with van der Waals surface area (Å²) < 4.78 is 2.19. The number of imidazole rings is 1. The molecule has 5 aromatic carbocycles.